The predicted molar refractivity (Wildman–Crippen MR) is 60.8 cm³/mol. The number of aliphatic hydroxyl groups is 1. The number of hydrogen-bond donors (Lipinski definition) is 1. The van der Waals surface area contributed by atoms with Crippen molar-refractivity contribution in [3.63, 3.8) is 0 Å². The van der Waals surface area contributed by atoms with Crippen molar-refractivity contribution in [1.29, 1.82) is 0 Å². The Morgan fingerprint density at radius 3 is 2.67 bits per heavy atom. The summed E-state index contributed by atoms with van der Waals surface area (Å²) in [6.07, 6.45) is 9.50. The van der Waals surface area contributed by atoms with Gasteiger partial charge in [0.15, 0.2) is 0 Å². The lowest BCUT2D eigenvalue weighted by Gasteiger charge is -2.43. The van der Waals surface area contributed by atoms with Crippen molar-refractivity contribution in [1.82, 2.24) is 0 Å². The SMILES string of the molecule is CCC1CC(O)(C2CCCCC2)CCO1. The second kappa shape index (κ2) is 4.84. The Hall–Kier alpha value is -0.0800. The zero-order valence-corrected chi connectivity index (χ0v) is 9.87. The van der Waals surface area contributed by atoms with Crippen LogP contribution in [0.2, 0.25) is 0 Å². The van der Waals surface area contributed by atoms with E-state index in [2.05, 4.69) is 6.92 Å². The van der Waals surface area contributed by atoms with E-state index in [1.165, 1.54) is 32.1 Å². The van der Waals surface area contributed by atoms with Gasteiger partial charge in [-0.1, -0.05) is 26.2 Å². The maximum Gasteiger partial charge on any atom is 0.0722 e. The fourth-order valence-corrected chi connectivity index (χ4v) is 3.23. The third-order valence-corrected chi connectivity index (χ3v) is 4.29. The summed E-state index contributed by atoms with van der Waals surface area (Å²) in [5.74, 6) is 0.546. The van der Waals surface area contributed by atoms with Crippen molar-refractivity contribution < 1.29 is 9.84 Å². The molecule has 88 valence electrons. The molecule has 1 aliphatic carbocycles. The van der Waals surface area contributed by atoms with Gasteiger partial charge in [0.2, 0.25) is 0 Å². The van der Waals surface area contributed by atoms with Gasteiger partial charge in [-0.3, -0.25) is 0 Å². The first kappa shape index (κ1) is 11.4. The second-order valence-electron chi connectivity index (χ2n) is 5.29. The van der Waals surface area contributed by atoms with Gasteiger partial charge in [-0.2, -0.15) is 0 Å². The zero-order chi connectivity index (χ0) is 10.7. The highest BCUT2D eigenvalue weighted by Gasteiger charge is 2.41. The molecule has 15 heavy (non-hydrogen) atoms. The molecule has 0 amide bonds. The van der Waals surface area contributed by atoms with Crippen LogP contribution < -0.4 is 0 Å². The average Bonchev–Trinajstić information content (AvgIpc) is 2.30. The Labute approximate surface area is 93.0 Å². The van der Waals surface area contributed by atoms with Gasteiger partial charge in [-0.25, -0.2) is 0 Å². The predicted octanol–water partition coefficient (Wildman–Crippen LogP) is 2.89. The van der Waals surface area contributed by atoms with E-state index < -0.39 is 5.60 Å². The first-order chi connectivity index (χ1) is 7.24. The molecule has 1 N–H and O–H groups in total. The molecule has 0 aromatic rings. The monoisotopic (exact) mass is 212 g/mol. The Bertz CT molecular complexity index is 199. The van der Waals surface area contributed by atoms with E-state index >= 15 is 0 Å². The molecule has 0 aromatic carbocycles. The van der Waals surface area contributed by atoms with Gasteiger partial charge in [0, 0.05) is 13.0 Å². The number of rotatable bonds is 2. The van der Waals surface area contributed by atoms with Crippen LogP contribution in [0.15, 0.2) is 0 Å². The van der Waals surface area contributed by atoms with Crippen molar-refractivity contribution in [3.05, 3.63) is 0 Å². The highest BCUT2D eigenvalue weighted by molar-refractivity contribution is 4.92. The molecule has 2 aliphatic rings. The van der Waals surface area contributed by atoms with Crippen LogP contribution in [0.25, 0.3) is 0 Å². The van der Waals surface area contributed by atoms with Crippen LogP contribution in [0.5, 0.6) is 0 Å². The van der Waals surface area contributed by atoms with E-state index in [4.69, 9.17) is 4.74 Å². The molecule has 2 nitrogen and oxygen atoms in total. The minimum atomic E-state index is -0.403. The van der Waals surface area contributed by atoms with E-state index in [0.717, 1.165) is 25.9 Å². The molecule has 1 saturated heterocycles. The number of ether oxygens (including phenoxy) is 1. The van der Waals surface area contributed by atoms with Gasteiger partial charge in [0.1, 0.15) is 0 Å². The second-order valence-corrected chi connectivity index (χ2v) is 5.29. The minimum absolute atomic E-state index is 0.297. The normalized spacial score (nSPS) is 39.2. The first-order valence-corrected chi connectivity index (χ1v) is 6.58. The van der Waals surface area contributed by atoms with Crippen molar-refractivity contribution in [3.8, 4) is 0 Å². The summed E-state index contributed by atoms with van der Waals surface area (Å²) in [5.41, 5.74) is -0.403. The maximum atomic E-state index is 10.7. The summed E-state index contributed by atoms with van der Waals surface area (Å²) >= 11 is 0. The Balaban J connectivity index is 1.97. The van der Waals surface area contributed by atoms with Gasteiger partial charge in [-0.15, -0.1) is 0 Å². The van der Waals surface area contributed by atoms with Crippen molar-refractivity contribution in [2.24, 2.45) is 5.92 Å². The highest BCUT2D eigenvalue weighted by atomic mass is 16.5. The third kappa shape index (κ3) is 2.54. The smallest absolute Gasteiger partial charge is 0.0722 e. The zero-order valence-electron chi connectivity index (χ0n) is 9.87. The molecule has 2 unspecified atom stereocenters. The molecular formula is C13H24O2. The summed E-state index contributed by atoms with van der Waals surface area (Å²) in [5, 5.41) is 10.7. The van der Waals surface area contributed by atoms with Crippen LogP contribution in [0, 0.1) is 5.92 Å². The van der Waals surface area contributed by atoms with Crippen molar-refractivity contribution in [2.45, 2.75) is 70.0 Å². The molecule has 0 spiro atoms. The van der Waals surface area contributed by atoms with Gasteiger partial charge >= 0.3 is 0 Å². The molecule has 2 heteroatoms. The van der Waals surface area contributed by atoms with E-state index in [1.807, 2.05) is 0 Å². The van der Waals surface area contributed by atoms with Crippen LogP contribution in [0.4, 0.5) is 0 Å². The fraction of sp³-hybridized carbons (Fsp3) is 1.00. The molecule has 2 atom stereocenters. The lowest BCUT2D eigenvalue weighted by atomic mass is 9.72. The standard InChI is InChI=1S/C13H24O2/c1-2-12-10-13(14,8-9-15-12)11-6-4-3-5-7-11/h11-12,14H,2-10H2,1H3. The van der Waals surface area contributed by atoms with Crippen molar-refractivity contribution in [2.75, 3.05) is 6.61 Å². The molecular weight excluding hydrogens is 188 g/mol. The van der Waals surface area contributed by atoms with Crippen LogP contribution in [0.3, 0.4) is 0 Å². The summed E-state index contributed by atoms with van der Waals surface area (Å²) < 4.78 is 5.65. The largest absolute Gasteiger partial charge is 0.389 e. The average molecular weight is 212 g/mol. The molecule has 2 fully saturated rings. The highest BCUT2D eigenvalue weighted by Crippen LogP contribution is 2.40. The Morgan fingerprint density at radius 2 is 2.00 bits per heavy atom. The van der Waals surface area contributed by atoms with Crippen LogP contribution >= 0.6 is 0 Å². The molecule has 1 saturated carbocycles. The fourth-order valence-electron chi connectivity index (χ4n) is 3.23. The Morgan fingerprint density at radius 1 is 1.27 bits per heavy atom. The summed E-state index contributed by atoms with van der Waals surface area (Å²) in [6, 6.07) is 0. The first-order valence-electron chi connectivity index (χ1n) is 6.58. The topological polar surface area (TPSA) is 29.5 Å². The lowest BCUT2D eigenvalue weighted by Crippen LogP contribution is -2.47. The van der Waals surface area contributed by atoms with Gasteiger partial charge in [0.25, 0.3) is 0 Å². The molecule has 0 radical (unpaired) electrons. The summed E-state index contributed by atoms with van der Waals surface area (Å²) in [6.45, 7) is 2.91. The molecule has 1 aliphatic heterocycles. The molecule has 0 bridgehead atoms. The van der Waals surface area contributed by atoms with Crippen LogP contribution in [-0.4, -0.2) is 23.4 Å². The number of hydrogen-bond acceptors (Lipinski definition) is 2. The van der Waals surface area contributed by atoms with E-state index in [-0.39, 0.29) is 0 Å². The van der Waals surface area contributed by atoms with Crippen LogP contribution in [0.1, 0.15) is 58.3 Å². The van der Waals surface area contributed by atoms with E-state index in [1.54, 1.807) is 0 Å². The minimum Gasteiger partial charge on any atom is -0.389 e. The van der Waals surface area contributed by atoms with Gasteiger partial charge < -0.3 is 9.84 Å². The quantitative estimate of drug-likeness (QED) is 0.762. The van der Waals surface area contributed by atoms with Crippen molar-refractivity contribution >= 4 is 0 Å². The van der Waals surface area contributed by atoms with E-state index in [9.17, 15) is 5.11 Å². The summed E-state index contributed by atoms with van der Waals surface area (Å²) in [4.78, 5) is 0. The van der Waals surface area contributed by atoms with Crippen LogP contribution in [-0.2, 0) is 4.74 Å². The maximum absolute atomic E-state index is 10.7. The third-order valence-electron chi connectivity index (χ3n) is 4.29. The van der Waals surface area contributed by atoms with E-state index in [0.29, 0.717) is 12.0 Å². The Kier molecular flexibility index (Phi) is 3.68. The molecule has 0 aromatic heterocycles. The van der Waals surface area contributed by atoms with Gasteiger partial charge in [-0.05, 0) is 31.6 Å². The van der Waals surface area contributed by atoms with Gasteiger partial charge in [0.05, 0.1) is 11.7 Å². The lowest BCUT2D eigenvalue weighted by molar-refractivity contribution is -0.138. The summed E-state index contributed by atoms with van der Waals surface area (Å²) in [7, 11) is 0. The molecule has 2 rings (SSSR count). The molecule has 1 heterocycles.